The molecule has 1 unspecified atom stereocenters. The van der Waals surface area contributed by atoms with E-state index in [4.69, 9.17) is 4.74 Å². The van der Waals surface area contributed by atoms with Crippen molar-refractivity contribution in [2.24, 2.45) is 0 Å². The first-order valence-corrected chi connectivity index (χ1v) is 8.30. The molecular weight excluding hydrogens is 234 g/mol. The third-order valence-corrected chi connectivity index (χ3v) is 4.45. The fraction of sp³-hybridized carbons (Fsp3) is 0.882. The summed E-state index contributed by atoms with van der Waals surface area (Å²) in [6.45, 7) is 10.8. The molecule has 0 saturated heterocycles. The van der Waals surface area contributed by atoms with Crippen LogP contribution in [0.15, 0.2) is 11.6 Å². The van der Waals surface area contributed by atoms with Crippen LogP contribution in [-0.2, 0) is 4.74 Å². The lowest BCUT2D eigenvalue weighted by Gasteiger charge is -2.42. The zero-order valence-electron chi connectivity index (χ0n) is 13.4. The predicted molar refractivity (Wildman–Crippen MR) is 83.6 cm³/mol. The molecule has 0 aromatic heterocycles. The SMILES string of the molecule is CCCNC(C1=CCCCC1)C(CC)(CC)OCC. The quantitative estimate of drug-likeness (QED) is 0.623. The van der Waals surface area contributed by atoms with Gasteiger partial charge in [-0.2, -0.15) is 0 Å². The summed E-state index contributed by atoms with van der Waals surface area (Å²) in [4.78, 5) is 0. The maximum absolute atomic E-state index is 6.24. The molecule has 1 atom stereocenters. The first kappa shape index (κ1) is 16.7. The summed E-state index contributed by atoms with van der Waals surface area (Å²) >= 11 is 0. The van der Waals surface area contributed by atoms with Crippen molar-refractivity contribution in [2.75, 3.05) is 13.2 Å². The van der Waals surface area contributed by atoms with Crippen LogP contribution in [-0.4, -0.2) is 24.8 Å². The molecule has 0 amide bonds. The Morgan fingerprint density at radius 3 is 2.42 bits per heavy atom. The average Bonchev–Trinajstić information content (AvgIpc) is 2.47. The fourth-order valence-corrected chi connectivity index (χ4v) is 3.30. The summed E-state index contributed by atoms with van der Waals surface area (Å²) in [7, 11) is 0. The molecule has 0 radical (unpaired) electrons. The van der Waals surface area contributed by atoms with Crippen molar-refractivity contribution in [3.8, 4) is 0 Å². The van der Waals surface area contributed by atoms with Crippen LogP contribution in [0.4, 0.5) is 0 Å². The molecular formula is C17H33NO. The van der Waals surface area contributed by atoms with E-state index in [1.807, 2.05) is 0 Å². The van der Waals surface area contributed by atoms with Crippen LogP contribution in [0.5, 0.6) is 0 Å². The van der Waals surface area contributed by atoms with Gasteiger partial charge >= 0.3 is 0 Å². The predicted octanol–water partition coefficient (Wildman–Crippen LogP) is 4.45. The van der Waals surface area contributed by atoms with Gasteiger partial charge in [-0.25, -0.2) is 0 Å². The molecule has 1 aliphatic rings. The Hall–Kier alpha value is -0.340. The number of rotatable bonds is 9. The van der Waals surface area contributed by atoms with E-state index in [0.29, 0.717) is 6.04 Å². The highest BCUT2D eigenvalue weighted by atomic mass is 16.5. The van der Waals surface area contributed by atoms with Crippen molar-refractivity contribution >= 4 is 0 Å². The van der Waals surface area contributed by atoms with Gasteiger partial charge in [-0.3, -0.25) is 0 Å². The van der Waals surface area contributed by atoms with Crippen molar-refractivity contribution in [3.05, 3.63) is 11.6 Å². The minimum atomic E-state index is -0.0207. The minimum Gasteiger partial charge on any atom is -0.373 e. The van der Waals surface area contributed by atoms with E-state index in [1.54, 1.807) is 5.57 Å². The molecule has 0 heterocycles. The van der Waals surface area contributed by atoms with E-state index in [0.717, 1.165) is 26.0 Å². The Kier molecular flexibility index (Phi) is 7.70. The Balaban J connectivity index is 2.94. The average molecular weight is 267 g/mol. The lowest BCUT2D eigenvalue weighted by molar-refractivity contribution is -0.0644. The highest BCUT2D eigenvalue weighted by molar-refractivity contribution is 5.19. The van der Waals surface area contributed by atoms with Crippen molar-refractivity contribution < 1.29 is 4.74 Å². The molecule has 0 bridgehead atoms. The molecule has 0 aromatic carbocycles. The topological polar surface area (TPSA) is 21.3 Å². The molecule has 0 aliphatic heterocycles. The first-order chi connectivity index (χ1) is 9.24. The van der Waals surface area contributed by atoms with Gasteiger partial charge in [0.2, 0.25) is 0 Å². The smallest absolute Gasteiger partial charge is 0.0867 e. The van der Waals surface area contributed by atoms with Crippen LogP contribution in [0, 0.1) is 0 Å². The molecule has 1 aliphatic carbocycles. The first-order valence-electron chi connectivity index (χ1n) is 8.30. The summed E-state index contributed by atoms with van der Waals surface area (Å²) in [5.41, 5.74) is 1.57. The molecule has 1 N–H and O–H groups in total. The van der Waals surface area contributed by atoms with Crippen molar-refractivity contribution in [1.82, 2.24) is 5.32 Å². The van der Waals surface area contributed by atoms with Gasteiger partial charge in [0, 0.05) is 6.61 Å². The third-order valence-electron chi connectivity index (χ3n) is 4.45. The van der Waals surface area contributed by atoms with Gasteiger partial charge in [0.05, 0.1) is 11.6 Å². The standard InChI is InChI=1S/C17H33NO/c1-5-14-18-16(15-12-10-9-11-13-15)17(6-2,7-3)19-8-4/h12,16,18H,5-11,13-14H2,1-4H3. The normalized spacial score (nSPS) is 18.2. The van der Waals surface area contributed by atoms with E-state index in [9.17, 15) is 0 Å². The molecule has 0 fully saturated rings. The maximum Gasteiger partial charge on any atom is 0.0867 e. The summed E-state index contributed by atoms with van der Waals surface area (Å²) in [5.74, 6) is 0. The second kappa shape index (κ2) is 8.76. The van der Waals surface area contributed by atoms with Gasteiger partial charge in [0.15, 0.2) is 0 Å². The van der Waals surface area contributed by atoms with Crippen LogP contribution >= 0.6 is 0 Å². The summed E-state index contributed by atoms with van der Waals surface area (Å²) < 4.78 is 6.24. The Morgan fingerprint density at radius 1 is 1.21 bits per heavy atom. The second-order valence-electron chi connectivity index (χ2n) is 5.62. The molecule has 19 heavy (non-hydrogen) atoms. The van der Waals surface area contributed by atoms with E-state index in [2.05, 4.69) is 39.1 Å². The Bertz CT molecular complexity index is 268. The largest absolute Gasteiger partial charge is 0.373 e. The number of nitrogens with one attached hydrogen (secondary N) is 1. The van der Waals surface area contributed by atoms with E-state index < -0.39 is 0 Å². The highest BCUT2D eigenvalue weighted by Crippen LogP contribution is 2.33. The second-order valence-corrected chi connectivity index (χ2v) is 5.62. The van der Waals surface area contributed by atoms with Crippen LogP contribution in [0.25, 0.3) is 0 Å². The van der Waals surface area contributed by atoms with Gasteiger partial charge in [0.1, 0.15) is 0 Å². The molecule has 2 nitrogen and oxygen atoms in total. The van der Waals surface area contributed by atoms with Crippen molar-refractivity contribution in [1.29, 1.82) is 0 Å². The van der Waals surface area contributed by atoms with Crippen LogP contribution in [0.1, 0.15) is 72.6 Å². The van der Waals surface area contributed by atoms with Crippen molar-refractivity contribution in [2.45, 2.75) is 84.3 Å². The molecule has 1 rings (SSSR count). The van der Waals surface area contributed by atoms with E-state index >= 15 is 0 Å². The number of ether oxygens (including phenoxy) is 1. The molecule has 0 aromatic rings. The summed E-state index contributed by atoms with van der Waals surface area (Å²) in [5, 5.41) is 3.77. The number of allylic oxidation sites excluding steroid dienone is 1. The fourth-order valence-electron chi connectivity index (χ4n) is 3.30. The van der Waals surface area contributed by atoms with Gasteiger partial charge < -0.3 is 10.1 Å². The lowest BCUT2D eigenvalue weighted by atomic mass is 9.80. The molecule has 0 saturated carbocycles. The molecule has 0 spiro atoms. The Labute approximate surface area is 120 Å². The van der Waals surface area contributed by atoms with Crippen LogP contribution in [0.2, 0.25) is 0 Å². The molecule has 2 heteroatoms. The molecule has 112 valence electrons. The van der Waals surface area contributed by atoms with E-state index in [-0.39, 0.29) is 5.60 Å². The zero-order chi connectivity index (χ0) is 14.1. The third kappa shape index (κ3) is 4.32. The monoisotopic (exact) mass is 267 g/mol. The zero-order valence-corrected chi connectivity index (χ0v) is 13.4. The van der Waals surface area contributed by atoms with Crippen LogP contribution < -0.4 is 5.32 Å². The van der Waals surface area contributed by atoms with Crippen molar-refractivity contribution in [3.63, 3.8) is 0 Å². The Morgan fingerprint density at radius 2 is 1.95 bits per heavy atom. The summed E-state index contributed by atoms with van der Waals surface area (Å²) in [6, 6.07) is 0.405. The van der Waals surface area contributed by atoms with E-state index in [1.165, 1.54) is 32.1 Å². The maximum atomic E-state index is 6.24. The highest BCUT2D eigenvalue weighted by Gasteiger charge is 2.38. The summed E-state index contributed by atoms with van der Waals surface area (Å²) in [6.07, 6.45) is 11.0. The lowest BCUT2D eigenvalue weighted by Crippen LogP contribution is -2.53. The number of hydrogen-bond donors (Lipinski definition) is 1. The number of hydrogen-bond acceptors (Lipinski definition) is 2. The van der Waals surface area contributed by atoms with Gasteiger partial charge in [0.25, 0.3) is 0 Å². The van der Waals surface area contributed by atoms with Gasteiger partial charge in [-0.15, -0.1) is 0 Å². The van der Waals surface area contributed by atoms with Gasteiger partial charge in [-0.05, 0) is 58.4 Å². The minimum absolute atomic E-state index is 0.0207. The van der Waals surface area contributed by atoms with Crippen LogP contribution in [0.3, 0.4) is 0 Å². The van der Waals surface area contributed by atoms with Gasteiger partial charge in [-0.1, -0.05) is 32.4 Å².